The van der Waals surface area contributed by atoms with Crippen LogP contribution in [0.5, 0.6) is 0 Å². The maximum Gasteiger partial charge on any atom is 0.410 e. The normalized spacial score (nSPS) is 12.2. The highest BCUT2D eigenvalue weighted by Gasteiger charge is 2.26. The van der Waals surface area contributed by atoms with Gasteiger partial charge >= 0.3 is 24.4 Å². The minimum atomic E-state index is -0.666. The van der Waals surface area contributed by atoms with Crippen LogP contribution < -0.4 is 11.1 Å². The summed E-state index contributed by atoms with van der Waals surface area (Å²) in [6.07, 6.45) is 2.08. The molecule has 0 aromatic heterocycles. The number of carbonyl (C=O) groups excluding carboxylic acids is 4. The van der Waals surface area contributed by atoms with Gasteiger partial charge in [0.1, 0.15) is 22.4 Å². The molecule has 13 nitrogen and oxygen atoms in total. The maximum atomic E-state index is 13.1. The monoisotopic (exact) mass is 673 g/mol. The minimum absolute atomic E-state index is 0.340. The van der Waals surface area contributed by atoms with Crippen molar-refractivity contribution < 1.29 is 38.1 Å². The van der Waals surface area contributed by atoms with Crippen LogP contribution in [0, 0.1) is 0 Å². The number of hydrogen-bond donors (Lipinski definition) is 2. The summed E-state index contributed by atoms with van der Waals surface area (Å²) in [6.45, 7) is 25.2. The van der Waals surface area contributed by atoms with Gasteiger partial charge in [-0.05, 0) is 128 Å². The molecular weight excluding hydrogens is 606 g/mol. The highest BCUT2D eigenvalue weighted by atomic mass is 16.6. The van der Waals surface area contributed by atoms with E-state index in [2.05, 4.69) is 5.32 Å². The fourth-order valence-electron chi connectivity index (χ4n) is 4.14. The summed E-state index contributed by atoms with van der Waals surface area (Å²) in [6, 6.07) is 0. The maximum absolute atomic E-state index is 13.1. The van der Waals surface area contributed by atoms with Crippen LogP contribution in [-0.2, 0) is 18.9 Å². The van der Waals surface area contributed by atoms with Gasteiger partial charge in [0.15, 0.2) is 0 Å². The van der Waals surface area contributed by atoms with Crippen LogP contribution in [0.15, 0.2) is 0 Å². The molecule has 3 N–H and O–H groups in total. The smallest absolute Gasteiger partial charge is 0.410 e. The minimum Gasteiger partial charge on any atom is -0.444 e. The molecule has 4 amide bonds. The molecule has 0 fully saturated rings. The first-order valence-electron chi connectivity index (χ1n) is 17.0. The van der Waals surface area contributed by atoms with Gasteiger partial charge in [-0.3, -0.25) is 0 Å². The van der Waals surface area contributed by atoms with Gasteiger partial charge in [0.25, 0.3) is 0 Å². The number of nitrogens with zero attached hydrogens (tertiary/aromatic N) is 3. The highest BCUT2D eigenvalue weighted by molar-refractivity contribution is 5.69. The first-order chi connectivity index (χ1) is 21.4. The zero-order valence-electron chi connectivity index (χ0n) is 31.6. The Morgan fingerprint density at radius 2 is 0.766 bits per heavy atom. The zero-order chi connectivity index (χ0) is 36.5. The summed E-state index contributed by atoms with van der Waals surface area (Å²) in [5.74, 6) is 0. The van der Waals surface area contributed by atoms with Gasteiger partial charge in [-0.2, -0.15) is 0 Å². The Balaban J connectivity index is 5.35. The number of carbonyl (C=O) groups is 4. The highest BCUT2D eigenvalue weighted by Crippen LogP contribution is 2.15. The Morgan fingerprint density at radius 3 is 1.09 bits per heavy atom. The van der Waals surface area contributed by atoms with Gasteiger partial charge in [-0.1, -0.05) is 0 Å². The first kappa shape index (κ1) is 44.0. The quantitative estimate of drug-likeness (QED) is 0.130. The van der Waals surface area contributed by atoms with Crippen molar-refractivity contribution in [3.05, 3.63) is 0 Å². The molecule has 13 heteroatoms. The van der Waals surface area contributed by atoms with Crippen LogP contribution in [0.1, 0.15) is 122 Å². The van der Waals surface area contributed by atoms with Gasteiger partial charge in [0.05, 0.1) is 0 Å². The van der Waals surface area contributed by atoms with E-state index in [0.29, 0.717) is 78.0 Å². The van der Waals surface area contributed by atoms with Gasteiger partial charge in [0.2, 0.25) is 0 Å². The lowest BCUT2D eigenvalue weighted by Crippen LogP contribution is -2.42. The lowest BCUT2D eigenvalue weighted by Gasteiger charge is -2.30. The van der Waals surface area contributed by atoms with Crippen molar-refractivity contribution in [3.63, 3.8) is 0 Å². The fraction of sp³-hybridized carbons (Fsp3) is 0.882. The third-order valence-electron chi connectivity index (χ3n) is 6.07. The van der Waals surface area contributed by atoms with Crippen LogP contribution in [0.4, 0.5) is 19.2 Å². The second kappa shape index (κ2) is 20.4. The summed E-state index contributed by atoms with van der Waals surface area (Å²) >= 11 is 0. The predicted molar refractivity (Wildman–Crippen MR) is 184 cm³/mol. The van der Waals surface area contributed by atoms with E-state index in [9.17, 15) is 19.2 Å². The van der Waals surface area contributed by atoms with Crippen LogP contribution in [0.25, 0.3) is 0 Å². The molecule has 276 valence electrons. The number of nitrogens with one attached hydrogen (secondary N) is 1. The SMILES string of the molecule is CC(C)(C)OC(=O)NCCCN(CCCCN(CCCN(CCCCN)C(=O)OC(C)(C)C)C(=O)OC(C)(C)C)C(=O)OC(C)(C)C. The third-order valence-corrected chi connectivity index (χ3v) is 6.07. The molecule has 0 aliphatic carbocycles. The second-order valence-electron chi connectivity index (χ2n) is 15.7. The summed E-state index contributed by atoms with van der Waals surface area (Å²) in [5, 5.41) is 2.72. The molecule has 0 aromatic carbocycles. The van der Waals surface area contributed by atoms with Crippen LogP contribution in [0.2, 0.25) is 0 Å². The summed E-state index contributed by atoms with van der Waals surface area (Å²) < 4.78 is 22.2. The standard InChI is InChI=1S/C34H67N5O8/c1-31(2,3)44-27(40)36-20-17-24-37(28(41)45-32(4,5)6)22-15-16-23-39(30(43)47-34(10,11)12)26-18-25-38(21-14-13-19-35)29(42)46-33(7,8)9/h13-26,35H2,1-12H3,(H,36,40). The molecule has 0 radical (unpaired) electrons. The molecule has 0 aliphatic heterocycles. The molecule has 0 aromatic rings. The van der Waals surface area contributed by atoms with Crippen molar-refractivity contribution in [2.75, 3.05) is 52.4 Å². The number of rotatable bonds is 17. The Morgan fingerprint density at radius 1 is 0.468 bits per heavy atom. The van der Waals surface area contributed by atoms with Gasteiger partial charge in [-0.25, -0.2) is 19.2 Å². The fourth-order valence-corrected chi connectivity index (χ4v) is 4.14. The van der Waals surface area contributed by atoms with Gasteiger partial charge in [-0.15, -0.1) is 0 Å². The molecule has 0 saturated carbocycles. The Bertz CT molecular complexity index is 948. The Labute approximate surface area is 284 Å². The summed E-state index contributed by atoms with van der Waals surface area (Å²) in [7, 11) is 0. The third kappa shape index (κ3) is 24.8. The average Bonchev–Trinajstić information content (AvgIpc) is 2.85. The van der Waals surface area contributed by atoms with Crippen LogP contribution >= 0.6 is 0 Å². The Hall–Kier alpha value is -2.96. The molecule has 0 aliphatic rings. The van der Waals surface area contributed by atoms with Crippen molar-refractivity contribution in [2.45, 2.75) is 144 Å². The number of alkyl carbamates (subject to hydrolysis) is 1. The number of nitrogens with two attached hydrogens (primary N) is 1. The Kier molecular flexibility index (Phi) is 19.1. The number of ether oxygens (including phenoxy) is 4. The number of amides is 4. The van der Waals surface area contributed by atoms with E-state index in [4.69, 9.17) is 24.7 Å². The number of hydrogen-bond acceptors (Lipinski definition) is 9. The topological polar surface area (TPSA) is 153 Å². The summed E-state index contributed by atoms with van der Waals surface area (Å²) in [5.41, 5.74) is 3.12. The van der Waals surface area contributed by atoms with E-state index in [1.807, 2.05) is 62.3 Å². The molecule has 0 bridgehead atoms. The molecule has 0 unspecified atom stereocenters. The predicted octanol–water partition coefficient (Wildman–Crippen LogP) is 6.52. The largest absolute Gasteiger partial charge is 0.444 e. The van der Waals surface area contributed by atoms with Gasteiger partial charge in [0, 0.05) is 45.8 Å². The van der Waals surface area contributed by atoms with Crippen LogP contribution in [-0.4, -0.2) is 114 Å². The molecule has 0 heterocycles. The van der Waals surface area contributed by atoms with Crippen molar-refractivity contribution in [1.29, 1.82) is 0 Å². The van der Waals surface area contributed by atoms with Crippen molar-refractivity contribution in [1.82, 2.24) is 20.0 Å². The average molecular weight is 674 g/mol. The van der Waals surface area contributed by atoms with Crippen molar-refractivity contribution in [2.24, 2.45) is 5.73 Å². The molecule has 0 spiro atoms. The molecular formula is C34H67N5O8. The van der Waals surface area contributed by atoms with E-state index >= 15 is 0 Å². The number of unbranched alkanes of at least 4 members (excludes halogenated alkanes) is 2. The molecule has 47 heavy (non-hydrogen) atoms. The molecule has 0 saturated heterocycles. The lowest BCUT2D eigenvalue weighted by atomic mass is 10.2. The van der Waals surface area contributed by atoms with Crippen LogP contribution in [0.3, 0.4) is 0 Å². The second-order valence-corrected chi connectivity index (χ2v) is 15.7. The lowest BCUT2D eigenvalue weighted by molar-refractivity contribution is 0.0180. The van der Waals surface area contributed by atoms with Crippen molar-refractivity contribution in [3.8, 4) is 0 Å². The van der Waals surface area contributed by atoms with Gasteiger partial charge < -0.3 is 44.7 Å². The zero-order valence-corrected chi connectivity index (χ0v) is 31.6. The van der Waals surface area contributed by atoms with Crippen molar-refractivity contribution >= 4 is 24.4 Å². The molecule has 0 atom stereocenters. The van der Waals surface area contributed by atoms with E-state index in [-0.39, 0.29) is 6.09 Å². The van der Waals surface area contributed by atoms with E-state index < -0.39 is 40.7 Å². The molecule has 0 rings (SSSR count). The summed E-state index contributed by atoms with van der Waals surface area (Å²) in [4.78, 5) is 55.9. The van der Waals surface area contributed by atoms with E-state index in [1.54, 1.807) is 35.5 Å². The van der Waals surface area contributed by atoms with E-state index in [1.165, 1.54) is 0 Å². The van der Waals surface area contributed by atoms with E-state index in [0.717, 1.165) is 12.8 Å². The first-order valence-corrected chi connectivity index (χ1v) is 17.0.